The average Bonchev–Trinajstić information content (AvgIpc) is 2.34. The minimum absolute atomic E-state index is 0.240. The molecule has 0 N–H and O–H groups in total. The van der Waals surface area contributed by atoms with Crippen LogP contribution in [-0.2, 0) is 4.74 Å². The first-order valence-corrected chi connectivity index (χ1v) is 5.94. The van der Waals surface area contributed by atoms with Crippen molar-refractivity contribution in [3.05, 3.63) is 35.4 Å². The molecule has 0 aliphatic rings. The van der Waals surface area contributed by atoms with Crippen LogP contribution in [0.15, 0.2) is 18.2 Å². The number of ether oxygens (including phenoxy) is 1. The van der Waals surface area contributed by atoms with E-state index in [2.05, 4.69) is 0 Å². The van der Waals surface area contributed by atoms with Crippen molar-refractivity contribution in [3.63, 3.8) is 0 Å². The topological polar surface area (TPSA) is 29.5 Å². The zero-order valence-electron chi connectivity index (χ0n) is 9.96. The van der Waals surface area contributed by atoms with E-state index in [0.29, 0.717) is 12.5 Å². The Morgan fingerprint density at radius 1 is 1.33 bits per heavy atom. The second-order valence-corrected chi connectivity index (χ2v) is 4.00. The molecule has 0 fully saturated rings. The lowest BCUT2D eigenvalue weighted by Crippen LogP contribution is -2.31. The van der Waals surface area contributed by atoms with Crippen LogP contribution >= 0.6 is 11.6 Å². The Kier molecular flexibility index (Phi) is 6.01. The Bertz CT molecular complexity index is 395. The highest BCUT2D eigenvalue weighted by Crippen LogP contribution is 2.13. The smallest absolute Gasteiger partial charge is 0.259 e. The molecular weight excluding hydrogens is 264 g/mol. The number of hydrogen-bond acceptors (Lipinski definition) is 2. The molecule has 6 heteroatoms. The molecule has 1 aromatic rings. The van der Waals surface area contributed by atoms with Crippen LogP contribution in [0, 0.1) is 11.6 Å². The molecule has 0 atom stereocenters. The first-order chi connectivity index (χ1) is 8.57. The third kappa shape index (κ3) is 3.92. The van der Waals surface area contributed by atoms with E-state index >= 15 is 0 Å². The summed E-state index contributed by atoms with van der Waals surface area (Å²) in [7, 11) is 1.46. The van der Waals surface area contributed by atoms with Gasteiger partial charge in [-0.3, -0.25) is 4.79 Å². The van der Waals surface area contributed by atoms with Crippen molar-refractivity contribution >= 4 is 17.5 Å². The summed E-state index contributed by atoms with van der Waals surface area (Å²) < 4.78 is 31.8. The number of nitrogens with zero attached hydrogens (tertiary/aromatic N) is 1. The van der Waals surface area contributed by atoms with Crippen LogP contribution in [0.1, 0.15) is 10.4 Å². The molecule has 0 saturated heterocycles. The third-order valence-corrected chi connectivity index (χ3v) is 2.47. The highest BCUT2D eigenvalue weighted by atomic mass is 35.5. The van der Waals surface area contributed by atoms with Crippen LogP contribution in [0.5, 0.6) is 0 Å². The maximum atomic E-state index is 13.4. The number of benzene rings is 1. The predicted molar refractivity (Wildman–Crippen MR) is 64.9 cm³/mol. The Balaban J connectivity index is 2.63. The minimum atomic E-state index is -0.867. The number of likely N-dealkylation sites (N-methyl/N-ethyl adjacent to an activating group) is 1. The first kappa shape index (κ1) is 14.9. The van der Waals surface area contributed by atoms with Crippen molar-refractivity contribution < 1.29 is 18.3 Å². The van der Waals surface area contributed by atoms with Crippen LogP contribution in [0.25, 0.3) is 0 Å². The third-order valence-electron chi connectivity index (χ3n) is 2.32. The van der Waals surface area contributed by atoms with E-state index in [-0.39, 0.29) is 13.2 Å². The van der Waals surface area contributed by atoms with E-state index in [9.17, 15) is 13.6 Å². The number of hydrogen-bond donors (Lipinski definition) is 0. The summed E-state index contributed by atoms with van der Waals surface area (Å²) in [5, 5.41) is 0. The van der Waals surface area contributed by atoms with Crippen LogP contribution in [0.3, 0.4) is 0 Å². The second-order valence-electron chi connectivity index (χ2n) is 3.62. The second kappa shape index (κ2) is 7.28. The van der Waals surface area contributed by atoms with Gasteiger partial charge in [0.1, 0.15) is 17.2 Å². The fourth-order valence-electron chi connectivity index (χ4n) is 1.35. The van der Waals surface area contributed by atoms with E-state index in [4.69, 9.17) is 16.3 Å². The van der Waals surface area contributed by atoms with Crippen molar-refractivity contribution in [2.45, 2.75) is 0 Å². The van der Waals surface area contributed by atoms with E-state index in [0.717, 1.165) is 12.1 Å². The lowest BCUT2D eigenvalue weighted by molar-refractivity contribution is 0.0703. The highest BCUT2D eigenvalue weighted by molar-refractivity contribution is 6.17. The van der Waals surface area contributed by atoms with E-state index < -0.39 is 23.1 Å². The molecule has 0 saturated carbocycles. The molecule has 0 radical (unpaired) electrons. The van der Waals surface area contributed by atoms with Gasteiger partial charge in [0, 0.05) is 19.5 Å². The Morgan fingerprint density at radius 3 is 2.50 bits per heavy atom. The van der Waals surface area contributed by atoms with Gasteiger partial charge in [-0.1, -0.05) is 6.07 Å². The van der Waals surface area contributed by atoms with Gasteiger partial charge in [0.25, 0.3) is 5.91 Å². The van der Waals surface area contributed by atoms with Crippen molar-refractivity contribution in [2.24, 2.45) is 0 Å². The fraction of sp³-hybridized carbons (Fsp3) is 0.417. The maximum Gasteiger partial charge on any atom is 0.259 e. The quantitative estimate of drug-likeness (QED) is 0.590. The molecule has 0 spiro atoms. The van der Waals surface area contributed by atoms with Gasteiger partial charge in [-0.25, -0.2) is 8.78 Å². The molecule has 0 aromatic heterocycles. The predicted octanol–water partition coefficient (Wildman–Crippen LogP) is 2.29. The van der Waals surface area contributed by atoms with Crippen molar-refractivity contribution in [2.75, 3.05) is 32.7 Å². The van der Waals surface area contributed by atoms with Crippen molar-refractivity contribution in [1.29, 1.82) is 0 Å². The monoisotopic (exact) mass is 277 g/mol. The van der Waals surface area contributed by atoms with E-state index in [1.165, 1.54) is 18.0 Å². The van der Waals surface area contributed by atoms with Crippen LogP contribution in [0.4, 0.5) is 8.78 Å². The number of amides is 1. The molecule has 0 aliphatic carbocycles. The fourth-order valence-corrected chi connectivity index (χ4v) is 1.46. The van der Waals surface area contributed by atoms with Gasteiger partial charge >= 0.3 is 0 Å². The van der Waals surface area contributed by atoms with Gasteiger partial charge in [-0.15, -0.1) is 11.6 Å². The van der Waals surface area contributed by atoms with Crippen LogP contribution in [-0.4, -0.2) is 43.5 Å². The summed E-state index contributed by atoms with van der Waals surface area (Å²) in [5.41, 5.74) is -0.544. The lowest BCUT2D eigenvalue weighted by atomic mass is 10.1. The summed E-state index contributed by atoms with van der Waals surface area (Å²) in [6.45, 7) is 0.881. The average molecular weight is 278 g/mol. The number of alkyl halides is 1. The minimum Gasteiger partial charge on any atom is -0.378 e. The molecule has 0 aliphatic heterocycles. The lowest BCUT2D eigenvalue weighted by Gasteiger charge is -2.17. The Hall–Kier alpha value is -1.20. The molecule has 1 rings (SSSR count). The van der Waals surface area contributed by atoms with Crippen LogP contribution < -0.4 is 0 Å². The van der Waals surface area contributed by atoms with Crippen LogP contribution in [0.2, 0.25) is 0 Å². The summed E-state index contributed by atoms with van der Waals surface area (Å²) >= 11 is 5.41. The highest BCUT2D eigenvalue weighted by Gasteiger charge is 2.20. The molecule has 0 bridgehead atoms. The summed E-state index contributed by atoms with van der Waals surface area (Å²) in [6, 6.07) is 3.31. The van der Waals surface area contributed by atoms with Gasteiger partial charge in [0.15, 0.2) is 0 Å². The zero-order valence-corrected chi connectivity index (χ0v) is 10.7. The molecule has 0 heterocycles. The van der Waals surface area contributed by atoms with Gasteiger partial charge < -0.3 is 9.64 Å². The summed E-state index contributed by atoms with van der Waals surface area (Å²) in [4.78, 5) is 13.0. The molecule has 1 aromatic carbocycles. The van der Waals surface area contributed by atoms with Crippen molar-refractivity contribution in [1.82, 2.24) is 4.90 Å². The zero-order chi connectivity index (χ0) is 13.5. The standard InChI is InChI=1S/C12H14ClF2NO2/c1-16(6-8-18-7-5-13)12(17)11-9(14)3-2-4-10(11)15/h2-4H,5-8H2,1H3. The molecule has 1 amide bonds. The number of carbonyl (C=O) groups is 1. The molecular formula is C12H14ClF2NO2. The Labute approximate surface area is 109 Å². The summed E-state index contributed by atoms with van der Waals surface area (Å²) in [6.07, 6.45) is 0. The van der Waals surface area contributed by atoms with Gasteiger partial charge in [0.05, 0.1) is 13.2 Å². The maximum absolute atomic E-state index is 13.4. The Morgan fingerprint density at radius 2 is 1.94 bits per heavy atom. The van der Waals surface area contributed by atoms with Gasteiger partial charge in [-0.2, -0.15) is 0 Å². The van der Waals surface area contributed by atoms with E-state index in [1.54, 1.807) is 0 Å². The van der Waals surface area contributed by atoms with Crippen molar-refractivity contribution in [3.8, 4) is 0 Å². The van der Waals surface area contributed by atoms with Gasteiger partial charge in [0.2, 0.25) is 0 Å². The SMILES string of the molecule is CN(CCOCCCl)C(=O)c1c(F)cccc1F. The molecule has 3 nitrogen and oxygen atoms in total. The normalized spacial score (nSPS) is 10.4. The molecule has 100 valence electrons. The number of carbonyl (C=O) groups excluding carboxylic acids is 1. The first-order valence-electron chi connectivity index (χ1n) is 5.41. The molecule has 18 heavy (non-hydrogen) atoms. The largest absolute Gasteiger partial charge is 0.378 e. The number of halogens is 3. The number of rotatable bonds is 6. The van der Waals surface area contributed by atoms with E-state index in [1.807, 2.05) is 0 Å². The molecule has 0 unspecified atom stereocenters. The summed E-state index contributed by atoms with van der Waals surface area (Å²) in [5.74, 6) is -2.08. The van der Waals surface area contributed by atoms with Gasteiger partial charge in [-0.05, 0) is 12.1 Å².